The van der Waals surface area contributed by atoms with Crippen LogP contribution in [0.5, 0.6) is 5.75 Å². The van der Waals surface area contributed by atoms with Crippen LogP contribution in [-0.4, -0.2) is 6.36 Å². The normalized spacial score (nSPS) is 19.7. The molecule has 0 N–H and O–H groups in total. The lowest BCUT2D eigenvalue weighted by Gasteiger charge is -2.22. The predicted octanol–water partition coefficient (Wildman–Crippen LogP) is 9.03. The molecular weight excluding hydrogens is 433 g/mol. The zero-order chi connectivity index (χ0) is 23.3. The minimum absolute atomic E-state index is 0.0226. The van der Waals surface area contributed by atoms with Crippen molar-refractivity contribution >= 4 is 11.6 Å². The van der Waals surface area contributed by atoms with E-state index in [1.54, 1.807) is 12.1 Å². The molecule has 0 amide bonds. The van der Waals surface area contributed by atoms with Crippen LogP contribution in [0.3, 0.4) is 0 Å². The average Bonchev–Trinajstić information content (AvgIpc) is 3.61. The topological polar surface area (TPSA) is 9.23 Å². The molecule has 0 spiro atoms. The van der Waals surface area contributed by atoms with Gasteiger partial charge >= 0.3 is 6.36 Å². The molecule has 2 fully saturated rings. The van der Waals surface area contributed by atoms with E-state index in [0.717, 1.165) is 54.7 Å². The van der Waals surface area contributed by atoms with Gasteiger partial charge in [0.1, 0.15) is 5.75 Å². The fraction of sp³-hybridized carbons (Fsp3) is 0.556. The third-order valence-corrected chi connectivity index (χ3v) is 7.76. The lowest BCUT2D eigenvalue weighted by molar-refractivity contribution is -0.274. The lowest BCUT2D eigenvalue weighted by Crippen LogP contribution is -2.18. The van der Waals surface area contributed by atoms with Crippen LogP contribution in [0, 0.1) is 0 Å². The van der Waals surface area contributed by atoms with Crippen LogP contribution in [0.4, 0.5) is 13.2 Å². The van der Waals surface area contributed by atoms with Gasteiger partial charge in [-0.2, -0.15) is 0 Å². The predicted molar refractivity (Wildman–Crippen MR) is 124 cm³/mol. The maximum absolute atomic E-state index is 12.9. The Bertz CT molecular complexity index is 987. The van der Waals surface area contributed by atoms with Crippen molar-refractivity contribution in [3.63, 3.8) is 0 Å². The third kappa shape index (κ3) is 5.27. The van der Waals surface area contributed by atoms with E-state index < -0.39 is 6.36 Å². The monoisotopic (exact) mass is 464 g/mol. The average molecular weight is 465 g/mol. The fourth-order valence-electron chi connectivity index (χ4n) is 4.67. The molecule has 32 heavy (non-hydrogen) atoms. The van der Waals surface area contributed by atoms with E-state index in [1.165, 1.54) is 11.1 Å². The molecule has 2 aromatic rings. The van der Waals surface area contributed by atoms with Crippen molar-refractivity contribution in [3.05, 3.63) is 63.7 Å². The van der Waals surface area contributed by atoms with E-state index in [-0.39, 0.29) is 22.5 Å². The van der Waals surface area contributed by atoms with Gasteiger partial charge in [0.05, 0.1) is 0 Å². The summed E-state index contributed by atoms with van der Waals surface area (Å²) in [5.74, 6) is 0.470. The van der Waals surface area contributed by atoms with E-state index in [0.29, 0.717) is 5.92 Å². The van der Waals surface area contributed by atoms with Crippen molar-refractivity contribution in [1.82, 2.24) is 0 Å². The Hall–Kier alpha value is -1.68. The van der Waals surface area contributed by atoms with Gasteiger partial charge in [0, 0.05) is 5.02 Å². The highest BCUT2D eigenvalue weighted by molar-refractivity contribution is 6.30. The fourth-order valence-corrected chi connectivity index (χ4v) is 4.91. The van der Waals surface area contributed by atoms with Gasteiger partial charge in [-0.3, -0.25) is 0 Å². The smallest absolute Gasteiger partial charge is 0.406 e. The first-order chi connectivity index (χ1) is 14.9. The molecule has 4 rings (SSSR count). The highest BCUT2D eigenvalue weighted by atomic mass is 35.5. The highest BCUT2D eigenvalue weighted by Crippen LogP contribution is 2.54. The van der Waals surface area contributed by atoms with Crippen LogP contribution in [-0.2, 0) is 10.8 Å². The molecule has 0 radical (unpaired) electrons. The van der Waals surface area contributed by atoms with Gasteiger partial charge in [0.2, 0.25) is 0 Å². The van der Waals surface area contributed by atoms with Crippen LogP contribution in [0.2, 0.25) is 5.02 Å². The summed E-state index contributed by atoms with van der Waals surface area (Å²) in [5, 5.41) is 0.782. The highest BCUT2D eigenvalue weighted by Gasteiger charge is 2.44. The van der Waals surface area contributed by atoms with Crippen molar-refractivity contribution in [2.24, 2.45) is 0 Å². The Morgan fingerprint density at radius 3 is 2.12 bits per heavy atom. The van der Waals surface area contributed by atoms with Crippen LogP contribution >= 0.6 is 11.6 Å². The van der Waals surface area contributed by atoms with Crippen LogP contribution in [0.1, 0.15) is 100 Å². The second-order valence-electron chi connectivity index (χ2n) is 10.5. The molecule has 1 unspecified atom stereocenters. The summed E-state index contributed by atoms with van der Waals surface area (Å²) in [4.78, 5) is 0. The zero-order valence-electron chi connectivity index (χ0n) is 19.3. The van der Waals surface area contributed by atoms with E-state index >= 15 is 0 Å². The van der Waals surface area contributed by atoms with E-state index in [2.05, 4.69) is 50.6 Å². The molecule has 1 nitrogen and oxygen atoms in total. The number of hydrogen-bond acceptors (Lipinski definition) is 1. The van der Waals surface area contributed by atoms with Gasteiger partial charge in [-0.15, -0.1) is 13.2 Å². The first-order valence-corrected chi connectivity index (χ1v) is 12.0. The largest absolute Gasteiger partial charge is 0.573 e. The van der Waals surface area contributed by atoms with E-state index in [9.17, 15) is 13.2 Å². The molecule has 2 aliphatic rings. The Morgan fingerprint density at radius 2 is 1.56 bits per heavy atom. The summed E-state index contributed by atoms with van der Waals surface area (Å²) < 4.78 is 43.0. The lowest BCUT2D eigenvalue weighted by atomic mass is 9.83. The number of ether oxygens (including phenoxy) is 1. The molecule has 0 saturated heterocycles. The summed E-state index contributed by atoms with van der Waals surface area (Å²) >= 11 is 6.42. The molecular formula is C27H32ClF3O. The molecule has 174 valence electrons. The Morgan fingerprint density at radius 1 is 0.906 bits per heavy atom. The van der Waals surface area contributed by atoms with Gasteiger partial charge in [0.25, 0.3) is 0 Å². The summed E-state index contributed by atoms with van der Waals surface area (Å²) in [7, 11) is 0. The standard InChI is InChI=1S/C27H32ClF3O/c1-17(2)19-11-22(15-23(28)13-19)26(9-10-26)6-5-18(3)20-12-21(25(4)7-8-25)16-24(14-20)32-27(29,30)31/h11-18H,5-10H2,1-4H3. The molecule has 0 bridgehead atoms. The second-order valence-corrected chi connectivity index (χ2v) is 11.0. The van der Waals surface area contributed by atoms with Gasteiger partial charge in [0.15, 0.2) is 0 Å². The van der Waals surface area contributed by atoms with Gasteiger partial charge in [-0.05, 0) is 108 Å². The Balaban J connectivity index is 1.53. The molecule has 2 aliphatic carbocycles. The van der Waals surface area contributed by atoms with Crippen molar-refractivity contribution in [2.75, 3.05) is 0 Å². The summed E-state index contributed by atoms with van der Waals surface area (Å²) in [6.07, 6.45) is 1.52. The number of benzene rings is 2. The van der Waals surface area contributed by atoms with Crippen molar-refractivity contribution in [1.29, 1.82) is 0 Å². The molecule has 0 aliphatic heterocycles. The summed E-state index contributed by atoms with van der Waals surface area (Å²) in [5.41, 5.74) is 4.57. The molecule has 2 saturated carbocycles. The maximum atomic E-state index is 12.9. The second kappa shape index (κ2) is 8.27. The number of rotatable bonds is 8. The third-order valence-electron chi connectivity index (χ3n) is 7.54. The van der Waals surface area contributed by atoms with Crippen LogP contribution in [0.15, 0.2) is 36.4 Å². The van der Waals surface area contributed by atoms with Crippen molar-refractivity contribution < 1.29 is 17.9 Å². The van der Waals surface area contributed by atoms with Crippen LogP contribution in [0.25, 0.3) is 0 Å². The van der Waals surface area contributed by atoms with E-state index in [1.807, 2.05) is 6.07 Å². The number of alkyl halides is 3. The van der Waals surface area contributed by atoms with Crippen molar-refractivity contribution in [3.8, 4) is 5.75 Å². The first kappa shape index (κ1) is 23.5. The number of halogens is 4. The van der Waals surface area contributed by atoms with Crippen molar-refractivity contribution in [2.45, 2.75) is 95.2 Å². The minimum Gasteiger partial charge on any atom is -0.406 e. The van der Waals surface area contributed by atoms with E-state index in [4.69, 9.17) is 11.6 Å². The number of hydrogen-bond donors (Lipinski definition) is 0. The van der Waals surface area contributed by atoms with Gasteiger partial charge < -0.3 is 4.74 Å². The van der Waals surface area contributed by atoms with Crippen LogP contribution < -0.4 is 4.74 Å². The summed E-state index contributed by atoms with van der Waals surface area (Å²) in [6.45, 7) is 8.56. The zero-order valence-corrected chi connectivity index (χ0v) is 20.0. The quantitative estimate of drug-likeness (QED) is 0.378. The summed E-state index contributed by atoms with van der Waals surface area (Å²) in [6, 6.07) is 11.7. The Labute approximate surface area is 194 Å². The SMILES string of the molecule is CC(C)c1cc(Cl)cc(C2(CCC(C)c3cc(OC(F)(F)F)cc(C4(C)CC4)c3)CC2)c1. The molecule has 2 aromatic carbocycles. The Kier molecular flexibility index (Phi) is 6.07. The molecule has 0 heterocycles. The molecule has 5 heteroatoms. The van der Waals surface area contributed by atoms with Gasteiger partial charge in [-0.1, -0.05) is 51.4 Å². The van der Waals surface area contributed by atoms with Gasteiger partial charge in [-0.25, -0.2) is 0 Å². The first-order valence-electron chi connectivity index (χ1n) is 11.6. The minimum atomic E-state index is -4.68. The molecule has 0 aromatic heterocycles. The molecule has 1 atom stereocenters. The maximum Gasteiger partial charge on any atom is 0.573 e.